The van der Waals surface area contributed by atoms with Gasteiger partial charge in [0.05, 0.1) is 11.6 Å². The lowest BCUT2D eigenvalue weighted by Gasteiger charge is -2.22. The first kappa shape index (κ1) is 12.1. The van der Waals surface area contributed by atoms with Gasteiger partial charge in [0.25, 0.3) is 0 Å². The number of ether oxygens (including phenoxy) is 1. The molecule has 0 radical (unpaired) electrons. The lowest BCUT2D eigenvalue weighted by molar-refractivity contribution is -0.154. The molecule has 92 valence electrons. The summed E-state index contributed by atoms with van der Waals surface area (Å²) in [6.07, 6.45) is 6.99. The third-order valence-electron chi connectivity index (χ3n) is 3.34. The Morgan fingerprint density at radius 2 is 2.12 bits per heavy atom. The van der Waals surface area contributed by atoms with Gasteiger partial charge < -0.3 is 4.74 Å². The molecule has 0 N–H and O–H groups in total. The number of hydrogen-bond donors (Lipinski definition) is 0. The summed E-state index contributed by atoms with van der Waals surface area (Å²) in [7, 11) is 0. The zero-order valence-corrected chi connectivity index (χ0v) is 10.3. The number of carbonyl (C=O) groups is 1. The van der Waals surface area contributed by atoms with Crippen LogP contribution in [0.5, 0.6) is 0 Å². The highest BCUT2D eigenvalue weighted by molar-refractivity contribution is 5.72. The van der Waals surface area contributed by atoms with E-state index in [-0.39, 0.29) is 18.0 Å². The van der Waals surface area contributed by atoms with E-state index in [0.29, 0.717) is 0 Å². The van der Waals surface area contributed by atoms with Crippen LogP contribution in [0.1, 0.15) is 50.8 Å². The lowest BCUT2D eigenvalue weighted by Crippen LogP contribution is -2.21. The Labute approximate surface area is 102 Å². The predicted octanol–water partition coefficient (Wildman–Crippen LogP) is 3.27. The summed E-state index contributed by atoms with van der Waals surface area (Å²) in [6.45, 7) is 1.88. The van der Waals surface area contributed by atoms with Crippen molar-refractivity contribution in [2.24, 2.45) is 5.92 Å². The number of aromatic nitrogens is 1. The molecule has 1 atom stereocenters. The molecule has 2 rings (SSSR count). The van der Waals surface area contributed by atoms with Crippen LogP contribution in [0.3, 0.4) is 0 Å². The molecule has 17 heavy (non-hydrogen) atoms. The smallest absolute Gasteiger partial charge is 0.309 e. The van der Waals surface area contributed by atoms with Crippen molar-refractivity contribution in [3.05, 3.63) is 30.1 Å². The molecule has 1 aromatic rings. The topological polar surface area (TPSA) is 39.2 Å². The van der Waals surface area contributed by atoms with Crippen LogP contribution in [0.2, 0.25) is 0 Å². The first-order valence-corrected chi connectivity index (χ1v) is 6.39. The van der Waals surface area contributed by atoms with Gasteiger partial charge in [-0.2, -0.15) is 0 Å². The fourth-order valence-corrected chi connectivity index (χ4v) is 2.29. The van der Waals surface area contributed by atoms with Gasteiger partial charge in [-0.15, -0.1) is 0 Å². The van der Waals surface area contributed by atoms with Gasteiger partial charge in [-0.25, -0.2) is 0 Å². The van der Waals surface area contributed by atoms with Gasteiger partial charge in [-0.05, 0) is 31.9 Å². The molecular formula is C14H19NO2. The highest BCUT2D eigenvalue weighted by Crippen LogP contribution is 2.26. The SMILES string of the molecule is CC(OC(=O)C1CCCCC1)c1ccccn1. The highest BCUT2D eigenvalue weighted by atomic mass is 16.5. The average molecular weight is 233 g/mol. The van der Waals surface area contributed by atoms with Crippen LogP contribution in [-0.2, 0) is 9.53 Å². The van der Waals surface area contributed by atoms with E-state index in [4.69, 9.17) is 4.74 Å². The number of esters is 1. The Hall–Kier alpha value is -1.38. The number of hydrogen-bond acceptors (Lipinski definition) is 3. The van der Waals surface area contributed by atoms with Gasteiger partial charge in [0.1, 0.15) is 6.10 Å². The van der Waals surface area contributed by atoms with E-state index in [1.54, 1.807) is 6.20 Å². The summed E-state index contributed by atoms with van der Waals surface area (Å²) in [6, 6.07) is 5.66. The van der Waals surface area contributed by atoms with Crippen LogP contribution in [0.4, 0.5) is 0 Å². The standard InChI is InChI=1S/C14H19NO2/c1-11(13-9-5-6-10-15-13)17-14(16)12-7-3-2-4-8-12/h5-6,9-12H,2-4,7-8H2,1H3. The minimum Gasteiger partial charge on any atom is -0.456 e. The molecular weight excluding hydrogens is 214 g/mol. The summed E-state index contributed by atoms with van der Waals surface area (Å²) >= 11 is 0. The van der Waals surface area contributed by atoms with E-state index in [9.17, 15) is 4.79 Å². The predicted molar refractivity (Wildman–Crippen MR) is 65.3 cm³/mol. The first-order valence-electron chi connectivity index (χ1n) is 6.39. The second-order valence-electron chi connectivity index (χ2n) is 4.67. The Bertz CT molecular complexity index is 358. The maximum atomic E-state index is 11.9. The molecule has 1 fully saturated rings. The molecule has 0 aliphatic heterocycles. The van der Waals surface area contributed by atoms with Crippen molar-refractivity contribution in [2.75, 3.05) is 0 Å². The van der Waals surface area contributed by atoms with Crippen molar-refractivity contribution in [1.29, 1.82) is 0 Å². The van der Waals surface area contributed by atoms with Crippen molar-refractivity contribution in [3.63, 3.8) is 0 Å². The second kappa shape index (κ2) is 5.80. The third kappa shape index (κ3) is 3.29. The Morgan fingerprint density at radius 1 is 1.35 bits per heavy atom. The number of nitrogens with zero attached hydrogens (tertiary/aromatic N) is 1. The van der Waals surface area contributed by atoms with Gasteiger partial charge >= 0.3 is 5.97 Å². The van der Waals surface area contributed by atoms with E-state index in [2.05, 4.69) is 4.98 Å². The van der Waals surface area contributed by atoms with E-state index in [0.717, 1.165) is 31.4 Å². The average Bonchev–Trinajstić information content (AvgIpc) is 2.40. The maximum absolute atomic E-state index is 11.9. The Balaban J connectivity index is 1.89. The molecule has 3 heteroatoms. The maximum Gasteiger partial charge on any atom is 0.309 e. The molecule has 0 aromatic carbocycles. The minimum absolute atomic E-state index is 0.0529. The van der Waals surface area contributed by atoms with Crippen LogP contribution in [0, 0.1) is 5.92 Å². The van der Waals surface area contributed by atoms with Crippen LogP contribution >= 0.6 is 0 Å². The second-order valence-corrected chi connectivity index (χ2v) is 4.67. The summed E-state index contributed by atoms with van der Waals surface area (Å²) in [4.78, 5) is 16.1. The van der Waals surface area contributed by atoms with Crippen LogP contribution in [0.15, 0.2) is 24.4 Å². The Kier molecular flexibility index (Phi) is 4.13. The molecule has 3 nitrogen and oxygen atoms in total. The molecule has 1 aromatic heterocycles. The molecule has 0 saturated heterocycles. The van der Waals surface area contributed by atoms with Gasteiger partial charge in [0.15, 0.2) is 0 Å². The van der Waals surface area contributed by atoms with Crippen LogP contribution in [-0.4, -0.2) is 11.0 Å². The van der Waals surface area contributed by atoms with Gasteiger partial charge in [-0.3, -0.25) is 9.78 Å². The number of carbonyl (C=O) groups excluding carboxylic acids is 1. The number of rotatable bonds is 3. The van der Waals surface area contributed by atoms with E-state index in [1.807, 2.05) is 25.1 Å². The normalized spacial score (nSPS) is 18.6. The van der Waals surface area contributed by atoms with Crippen molar-refractivity contribution < 1.29 is 9.53 Å². The van der Waals surface area contributed by atoms with Crippen molar-refractivity contribution in [2.45, 2.75) is 45.1 Å². The monoisotopic (exact) mass is 233 g/mol. The van der Waals surface area contributed by atoms with Gasteiger partial charge in [0.2, 0.25) is 0 Å². The van der Waals surface area contributed by atoms with Crippen LogP contribution in [0.25, 0.3) is 0 Å². The van der Waals surface area contributed by atoms with E-state index in [1.165, 1.54) is 6.42 Å². The van der Waals surface area contributed by atoms with Crippen molar-refractivity contribution in [3.8, 4) is 0 Å². The fourth-order valence-electron chi connectivity index (χ4n) is 2.29. The summed E-state index contributed by atoms with van der Waals surface area (Å²) in [5.41, 5.74) is 0.816. The highest BCUT2D eigenvalue weighted by Gasteiger charge is 2.24. The molecule has 1 aliphatic carbocycles. The van der Waals surface area contributed by atoms with Crippen molar-refractivity contribution in [1.82, 2.24) is 4.98 Å². The summed E-state index contributed by atoms with van der Waals surface area (Å²) in [5, 5.41) is 0. The first-order chi connectivity index (χ1) is 8.27. The quantitative estimate of drug-likeness (QED) is 0.752. The molecule has 1 heterocycles. The molecule has 1 aliphatic rings. The Morgan fingerprint density at radius 3 is 2.76 bits per heavy atom. The van der Waals surface area contributed by atoms with E-state index >= 15 is 0 Å². The zero-order valence-electron chi connectivity index (χ0n) is 10.3. The van der Waals surface area contributed by atoms with E-state index < -0.39 is 0 Å². The third-order valence-corrected chi connectivity index (χ3v) is 3.34. The fraction of sp³-hybridized carbons (Fsp3) is 0.571. The number of pyridine rings is 1. The molecule has 1 unspecified atom stereocenters. The van der Waals surface area contributed by atoms with Gasteiger partial charge in [0, 0.05) is 6.20 Å². The van der Waals surface area contributed by atoms with Crippen molar-refractivity contribution >= 4 is 5.97 Å². The molecule has 1 saturated carbocycles. The zero-order chi connectivity index (χ0) is 12.1. The van der Waals surface area contributed by atoms with Crippen LogP contribution < -0.4 is 0 Å². The molecule has 0 spiro atoms. The summed E-state index contributed by atoms with van der Waals surface area (Å²) < 4.78 is 5.47. The molecule has 0 bridgehead atoms. The lowest BCUT2D eigenvalue weighted by atomic mass is 9.89. The molecule has 0 amide bonds. The minimum atomic E-state index is -0.245. The largest absolute Gasteiger partial charge is 0.456 e. The van der Waals surface area contributed by atoms with Gasteiger partial charge in [-0.1, -0.05) is 25.3 Å². The summed E-state index contributed by atoms with van der Waals surface area (Å²) in [5.74, 6) is 0.0535.